The Morgan fingerprint density at radius 1 is 1.02 bits per heavy atom. The lowest BCUT2D eigenvalue weighted by molar-refractivity contribution is -0.136. The Balaban J connectivity index is 1.54. The Hall–Kier alpha value is -2.94. The second-order valence-electron chi connectivity index (χ2n) is 9.48. The molecule has 1 atom stereocenters. The normalized spacial score (nSPS) is 14.4. The lowest BCUT2D eigenvalue weighted by Crippen LogP contribution is -2.39. The van der Waals surface area contributed by atoms with Crippen molar-refractivity contribution in [3.05, 3.63) is 115 Å². The Bertz CT molecular complexity index is 1900. The van der Waals surface area contributed by atoms with Crippen LogP contribution in [0.15, 0.2) is 85.1 Å². The van der Waals surface area contributed by atoms with Crippen LogP contribution in [0.3, 0.4) is 0 Å². The first kappa shape index (κ1) is 32.5. The molecule has 1 aliphatic rings. The van der Waals surface area contributed by atoms with Gasteiger partial charge in [0.1, 0.15) is 12.4 Å². The monoisotopic (exact) mass is 852 g/mol. The van der Waals surface area contributed by atoms with Gasteiger partial charge >= 0.3 is 5.97 Å². The number of methoxy groups -OCH3 is 1. The SMILES string of the molecule is CCOc1ccc([C@H]2C(C(=O)OC)=CN=c3s/c(=C\c4cc(Br)c(OCc5ccc(Br)cc5)c(I)c4)c(=O)n32)cc1OCC. The molecule has 0 unspecified atom stereocenters. The topological polar surface area (TPSA) is 88.4 Å². The molecule has 0 radical (unpaired) electrons. The predicted octanol–water partition coefficient (Wildman–Crippen LogP) is 6.52. The number of rotatable bonds is 10. The van der Waals surface area contributed by atoms with Crippen LogP contribution >= 0.6 is 65.8 Å². The minimum absolute atomic E-state index is 0.239. The number of esters is 1. The average Bonchev–Trinajstić information content (AvgIpc) is 3.32. The quantitative estimate of drug-likeness (QED) is 0.133. The van der Waals surface area contributed by atoms with Gasteiger partial charge in [0, 0.05) is 10.7 Å². The van der Waals surface area contributed by atoms with Crippen molar-refractivity contribution in [1.82, 2.24) is 4.57 Å². The van der Waals surface area contributed by atoms with Gasteiger partial charge in [0.2, 0.25) is 0 Å². The lowest BCUT2D eigenvalue weighted by Gasteiger charge is -2.23. The fraction of sp³-hybridized carbons (Fsp3) is 0.219. The molecule has 0 saturated carbocycles. The number of thiazole rings is 1. The zero-order valence-electron chi connectivity index (χ0n) is 23.9. The van der Waals surface area contributed by atoms with Crippen molar-refractivity contribution in [1.29, 1.82) is 0 Å². The highest BCUT2D eigenvalue weighted by atomic mass is 127. The van der Waals surface area contributed by atoms with Crippen LogP contribution in [0.5, 0.6) is 17.2 Å². The molecule has 1 aliphatic heterocycles. The predicted molar refractivity (Wildman–Crippen MR) is 185 cm³/mol. The molecule has 2 heterocycles. The van der Waals surface area contributed by atoms with Crippen LogP contribution < -0.4 is 29.1 Å². The van der Waals surface area contributed by atoms with Crippen LogP contribution in [-0.4, -0.2) is 30.9 Å². The number of ether oxygens (including phenoxy) is 4. The van der Waals surface area contributed by atoms with E-state index in [-0.39, 0.29) is 11.1 Å². The molecule has 0 aliphatic carbocycles. The number of nitrogens with zero attached hydrogens (tertiary/aromatic N) is 2. The lowest BCUT2D eigenvalue weighted by atomic mass is 9.97. The summed E-state index contributed by atoms with van der Waals surface area (Å²) in [6.07, 6.45) is 3.29. The Kier molecular flexibility index (Phi) is 10.7. The number of carbonyl (C=O) groups is 1. The summed E-state index contributed by atoms with van der Waals surface area (Å²) in [5.41, 5.74) is 2.49. The number of benzene rings is 3. The molecule has 3 aromatic carbocycles. The first-order chi connectivity index (χ1) is 21.2. The van der Waals surface area contributed by atoms with Gasteiger partial charge in [0.05, 0.1) is 44.5 Å². The van der Waals surface area contributed by atoms with Crippen LogP contribution in [0.4, 0.5) is 0 Å². The number of hydrogen-bond donors (Lipinski definition) is 0. The summed E-state index contributed by atoms with van der Waals surface area (Å²) in [5, 5.41) is 0. The van der Waals surface area contributed by atoms with Gasteiger partial charge in [-0.05, 0) is 112 Å². The molecule has 8 nitrogen and oxygen atoms in total. The minimum atomic E-state index is -0.767. The van der Waals surface area contributed by atoms with Crippen LogP contribution in [0.25, 0.3) is 6.08 Å². The number of halogens is 3. The highest BCUT2D eigenvalue weighted by Crippen LogP contribution is 2.36. The first-order valence-electron chi connectivity index (χ1n) is 13.6. The molecule has 0 N–H and O–H groups in total. The third-order valence-electron chi connectivity index (χ3n) is 6.62. The van der Waals surface area contributed by atoms with E-state index in [9.17, 15) is 9.59 Å². The van der Waals surface area contributed by atoms with Crippen molar-refractivity contribution in [3.8, 4) is 17.2 Å². The molecule has 44 heavy (non-hydrogen) atoms. The smallest absolute Gasteiger partial charge is 0.337 e. The summed E-state index contributed by atoms with van der Waals surface area (Å²) in [6, 6.07) is 16.5. The van der Waals surface area contributed by atoms with Crippen LogP contribution in [0.2, 0.25) is 0 Å². The maximum Gasteiger partial charge on any atom is 0.337 e. The molecule has 4 aromatic rings. The Morgan fingerprint density at radius 2 is 1.75 bits per heavy atom. The van der Waals surface area contributed by atoms with E-state index in [1.165, 1.54) is 29.2 Å². The van der Waals surface area contributed by atoms with Crippen LogP contribution in [0.1, 0.15) is 36.6 Å². The van der Waals surface area contributed by atoms with Crippen LogP contribution in [-0.2, 0) is 16.1 Å². The molecule has 0 saturated heterocycles. The third-order valence-corrected chi connectivity index (χ3v) is 9.54. The number of aromatic nitrogens is 1. The van der Waals surface area contributed by atoms with E-state index in [1.54, 1.807) is 12.1 Å². The molecular formula is C32H27Br2IN2O6S. The molecular weight excluding hydrogens is 827 g/mol. The molecule has 5 rings (SSSR count). The highest BCUT2D eigenvalue weighted by Gasteiger charge is 2.31. The molecule has 12 heteroatoms. The van der Waals surface area contributed by atoms with Gasteiger partial charge in [-0.25, -0.2) is 9.79 Å². The maximum atomic E-state index is 14.0. The summed E-state index contributed by atoms with van der Waals surface area (Å²) in [5.74, 6) is 1.25. The maximum absolute atomic E-state index is 14.0. The van der Waals surface area contributed by atoms with Crippen molar-refractivity contribution < 1.29 is 23.7 Å². The number of carbonyl (C=O) groups excluding carboxylic acids is 1. The summed E-state index contributed by atoms with van der Waals surface area (Å²) in [6.45, 7) is 5.08. The molecule has 0 spiro atoms. The Morgan fingerprint density at radius 3 is 2.43 bits per heavy atom. The van der Waals surface area contributed by atoms with Gasteiger partial charge in [-0.2, -0.15) is 0 Å². The van der Waals surface area contributed by atoms with Crippen molar-refractivity contribution >= 4 is 77.8 Å². The van der Waals surface area contributed by atoms with E-state index in [1.807, 2.05) is 62.4 Å². The second kappa shape index (κ2) is 14.4. The Labute approximate surface area is 288 Å². The standard InChI is InChI=1S/C32H27Br2IN2O6S/c1-4-41-25-11-8-20(15-26(25)42-5-2)28-22(31(39)40-3)16-36-32-37(28)30(38)27(44-32)14-19-12-23(34)29(24(35)13-19)43-17-18-6-9-21(33)10-7-18/h6-16,28H,4-5,17H2,1-3H3/b27-14-/t28-/m0/s1. The summed E-state index contributed by atoms with van der Waals surface area (Å²) in [7, 11) is 1.31. The zero-order chi connectivity index (χ0) is 31.4. The van der Waals surface area contributed by atoms with Gasteiger partial charge in [-0.15, -0.1) is 0 Å². The fourth-order valence-electron chi connectivity index (χ4n) is 4.68. The molecule has 228 valence electrons. The fourth-order valence-corrected chi connectivity index (χ4v) is 7.68. The van der Waals surface area contributed by atoms with Gasteiger partial charge in [0.15, 0.2) is 16.3 Å². The average molecular weight is 854 g/mol. The van der Waals surface area contributed by atoms with Crippen molar-refractivity contribution in [3.63, 3.8) is 0 Å². The van der Waals surface area contributed by atoms with E-state index in [2.05, 4.69) is 59.4 Å². The summed E-state index contributed by atoms with van der Waals surface area (Å²) < 4.78 is 27.4. The molecule has 0 amide bonds. The van der Waals surface area contributed by atoms with Crippen molar-refractivity contribution in [2.75, 3.05) is 20.3 Å². The first-order valence-corrected chi connectivity index (χ1v) is 17.1. The molecule has 0 bridgehead atoms. The second-order valence-corrected chi connectivity index (χ2v) is 13.4. The minimum Gasteiger partial charge on any atom is -0.490 e. The number of hydrogen-bond acceptors (Lipinski definition) is 8. The van der Waals surface area contributed by atoms with Gasteiger partial charge in [-0.1, -0.05) is 45.5 Å². The van der Waals surface area contributed by atoms with E-state index in [4.69, 9.17) is 18.9 Å². The summed E-state index contributed by atoms with van der Waals surface area (Å²) in [4.78, 5) is 31.8. The number of fused-ring (bicyclic) bond motifs is 1. The zero-order valence-corrected chi connectivity index (χ0v) is 30.1. The van der Waals surface area contributed by atoms with E-state index < -0.39 is 12.0 Å². The molecule has 0 fully saturated rings. The van der Waals surface area contributed by atoms with Crippen molar-refractivity contribution in [2.45, 2.75) is 26.5 Å². The summed E-state index contributed by atoms with van der Waals surface area (Å²) >= 11 is 10.6. The van der Waals surface area contributed by atoms with Crippen LogP contribution in [0, 0.1) is 3.57 Å². The van der Waals surface area contributed by atoms with Gasteiger partial charge in [-0.3, -0.25) is 9.36 Å². The van der Waals surface area contributed by atoms with Gasteiger partial charge < -0.3 is 18.9 Å². The molecule has 1 aromatic heterocycles. The van der Waals surface area contributed by atoms with Crippen molar-refractivity contribution in [2.24, 2.45) is 4.99 Å². The largest absolute Gasteiger partial charge is 0.490 e. The van der Waals surface area contributed by atoms with E-state index in [0.717, 1.165) is 29.4 Å². The van der Waals surface area contributed by atoms with E-state index in [0.29, 0.717) is 46.2 Å². The highest BCUT2D eigenvalue weighted by molar-refractivity contribution is 14.1. The van der Waals surface area contributed by atoms with E-state index >= 15 is 0 Å². The third kappa shape index (κ3) is 6.98. The van der Waals surface area contributed by atoms with Gasteiger partial charge in [0.25, 0.3) is 5.56 Å².